The molecule has 0 N–H and O–H groups in total. The van der Waals surface area contributed by atoms with Crippen LogP contribution in [0.1, 0.15) is 18.1 Å². The summed E-state index contributed by atoms with van der Waals surface area (Å²) in [4.78, 5) is 5.92. The zero-order valence-electron chi connectivity index (χ0n) is 12.0. The van der Waals surface area contributed by atoms with Gasteiger partial charge >= 0.3 is 0 Å². The summed E-state index contributed by atoms with van der Waals surface area (Å²) in [6, 6.07) is 4.15. The molecule has 0 heterocycles. The number of nitrogens with zero attached hydrogens (tertiary/aromatic N) is 1. The average molecular weight is 279 g/mol. The Balaban J connectivity index is 2.70. The van der Waals surface area contributed by atoms with Crippen LogP contribution in [-0.4, -0.2) is 25.7 Å². The molecule has 1 aromatic carbocycles. The molecular formula is C15H21NO2S. The summed E-state index contributed by atoms with van der Waals surface area (Å²) in [5.41, 5.74) is 2.46. The van der Waals surface area contributed by atoms with Gasteiger partial charge in [0, 0.05) is 10.6 Å². The van der Waals surface area contributed by atoms with Crippen molar-refractivity contribution in [1.82, 2.24) is 0 Å². The summed E-state index contributed by atoms with van der Waals surface area (Å²) in [7, 11) is 1.55. The molecule has 1 aromatic rings. The Labute approximate surface area is 119 Å². The first-order chi connectivity index (χ1) is 9.19. The van der Waals surface area contributed by atoms with Gasteiger partial charge in [0.1, 0.15) is 19.5 Å². The van der Waals surface area contributed by atoms with E-state index in [9.17, 15) is 0 Å². The van der Waals surface area contributed by atoms with Gasteiger partial charge in [-0.3, -0.25) is 0 Å². The number of oxime groups is 1. The molecule has 0 atom stereocenters. The van der Waals surface area contributed by atoms with Crippen molar-refractivity contribution < 1.29 is 9.57 Å². The highest BCUT2D eigenvalue weighted by Gasteiger charge is 2.06. The second kappa shape index (κ2) is 8.64. The standard InChI is InChI=1S/C15H21NO2S/c1-5-6-8-18-14-10-12(2)15(13(3)11-14)19-9-7-16-17-4/h5-7,10-11H,8-9H2,1-4H3/b6-5+,16-7?. The fourth-order valence-corrected chi connectivity index (χ4v) is 2.56. The molecule has 1 rings (SSSR count). The molecule has 0 unspecified atom stereocenters. The lowest BCUT2D eigenvalue weighted by molar-refractivity contribution is 0.215. The Morgan fingerprint density at radius 3 is 2.53 bits per heavy atom. The molecule has 104 valence electrons. The van der Waals surface area contributed by atoms with E-state index >= 15 is 0 Å². The number of aryl methyl sites for hydroxylation is 2. The molecule has 0 radical (unpaired) electrons. The van der Waals surface area contributed by atoms with E-state index in [0.29, 0.717) is 6.61 Å². The van der Waals surface area contributed by atoms with E-state index in [1.807, 2.05) is 19.1 Å². The summed E-state index contributed by atoms with van der Waals surface area (Å²) in [6.07, 6.45) is 5.74. The van der Waals surface area contributed by atoms with E-state index in [1.54, 1.807) is 25.1 Å². The number of hydrogen-bond acceptors (Lipinski definition) is 4. The second-order valence-electron chi connectivity index (χ2n) is 4.05. The van der Waals surface area contributed by atoms with Gasteiger partial charge in [-0.1, -0.05) is 17.3 Å². The Morgan fingerprint density at radius 1 is 1.26 bits per heavy atom. The van der Waals surface area contributed by atoms with Crippen molar-refractivity contribution in [2.75, 3.05) is 19.5 Å². The van der Waals surface area contributed by atoms with Crippen molar-refractivity contribution in [3.63, 3.8) is 0 Å². The largest absolute Gasteiger partial charge is 0.490 e. The highest BCUT2D eigenvalue weighted by atomic mass is 32.2. The van der Waals surface area contributed by atoms with E-state index < -0.39 is 0 Å². The molecule has 0 amide bonds. The van der Waals surface area contributed by atoms with Crippen LogP contribution in [0.4, 0.5) is 0 Å². The van der Waals surface area contributed by atoms with Gasteiger partial charge in [-0.05, 0) is 44.0 Å². The molecule has 0 aliphatic heterocycles. The molecular weight excluding hydrogens is 258 g/mol. The van der Waals surface area contributed by atoms with E-state index in [0.717, 1.165) is 11.5 Å². The van der Waals surface area contributed by atoms with Crippen LogP contribution in [0.2, 0.25) is 0 Å². The molecule has 0 aliphatic rings. The van der Waals surface area contributed by atoms with Gasteiger partial charge in [0.15, 0.2) is 0 Å². The Morgan fingerprint density at radius 2 is 1.95 bits per heavy atom. The molecule has 0 aliphatic carbocycles. The van der Waals surface area contributed by atoms with Crippen molar-refractivity contribution in [2.45, 2.75) is 25.7 Å². The molecule has 0 saturated heterocycles. The summed E-state index contributed by atoms with van der Waals surface area (Å²) in [6.45, 7) is 6.81. The minimum Gasteiger partial charge on any atom is -0.490 e. The Kier molecular flexibility index (Phi) is 7.11. The molecule has 0 fully saturated rings. The summed E-state index contributed by atoms with van der Waals surface area (Å²) < 4.78 is 5.66. The minimum atomic E-state index is 0.613. The monoisotopic (exact) mass is 279 g/mol. The predicted octanol–water partition coefficient (Wildman–Crippen LogP) is 3.98. The first-order valence-electron chi connectivity index (χ1n) is 6.22. The van der Waals surface area contributed by atoms with E-state index in [-0.39, 0.29) is 0 Å². The fourth-order valence-electron chi connectivity index (χ4n) is 1.69. The first kappa shape index (κ1) is 15.6. The maximum atomic E-state index is 5.66. The number of thioether (sulfide) groups is 1. The van der Waals surface area contributed by atoms with Gasteiger partial charge in [-0.2, -0.15) is 0 Å². The SMILES string of the molecule is C/C=C/COc1cc(C)c(SCC=NOC)c(C)c1. The average Bonchev–Trinajstić information content (AvgIpc) is 2.37. The normalized spacial score (nSPS) is 11.4. The molecule has 0 spiro atoms. The molecule has 19 heavy (non-hydrogen) atoms. The van der Waals surface area contributed by atoms with Crippen LogP contribution in [0.15, 0.2) is 34.3 Å². The van der Waals surface area contributed by atoms with Gasteiger partial charge in [0.05, 0.1) is 6.21 Å². The quantitative estimate of drug-likeness (QED) is 0.327. The highest BCUT2D eigenvalue weighted by molar-refractivity contribution is 8.00. The van der Waals surface area contributed by atoms with Gasteiger partial charge in [0.25, 0.3) is 0 Å². The first-order valence-corrected chi connectivity index (χ1v) is 7.20. The predicted molar refractivity (Wildman–Crippen MR) is 82.5 cm³/mol. The van der Waals surface area contributed by atoms with Crippen molar-refractivity contribution in [2.24, 2.45) is 5.16 Å². The third-order valence-electron chi connectivity index (χ3n) is 2.50. The zero-order valence-corrected chi connectivity index (χ0v) is 12.8. The summed E-state index contributed by atoms with van der Waals surface area (Å²) in [5, 5.41) is 3.74. The third kappa shape index (κ3) is 5.39. The molecule has 4 heteroatoms. The molecule has 3 nitrogen and oxygen atoms in total. The van der Waals surface area contributed by atoms with Gasteiger partial charge in [0.2, 0.25) is 0 Å². The van der Waals surface area contributed by atoms with Gasteiger partial charge in [-0.25, -0.2) is 0 Å². The molecule has 0 saturated carbocycles. The Bertz CT molecular complexity index is 432. The zero-order chi connectivity index (χ0) is 14.1. The van der Waals surface area contributed by atoms with Crippen LogP contribution < -0.4 is 4.74 Å². The van der Waals surface area contributed by atoms with E-state index in [1.165, 1.54) is 16.0 Å². The van der Waals surface area contributed by atoms with Crippen LogP contribution in [0.5, 0.6) is 5.75 Å². The highest BCUT2D eigenvalue weighted by Crippen LogP contribution is 2.29. The third-order valence-corrected chi connectivity index (χ3v) is 3.75. The van der Waals surface area contributed by atoms with Crippen LogP contribution in [0.3, 0.4) is 0 Å². The summed E-state index contributed by atoms with van der Waals surface area (Å²) in [5.74, 6) is 1.72. The lowest BCUT2D eigenvalue weighted by atomic mass is 10.1. The number of rotatable bonds is 7. The smallest absolute Gasteiger partial charge is 0.120 e. The minimum absolute atomic E-state index is 0.613. The maximum absolute atomic E-state index is 5.66. The topological polar surface area (TPSA) is 30.8 Å². The number of allylic oxidation sites excluding steroid dienone is 1. The van der Waals surface area contributed by atoms with E-state index in [4.69, 9.17) is 4.74 Å². The van der Waals surface area contributed by atoms with Gasteiger partial charge < -0.3 is 9.57 Å². The van der Waals surface area contributed by atoms with Crippen molar-refractivity contribution in [3.8, 4) is 5.75 Å². The fraction of sp³-hybridized carbons (Fsp3) is 0.400. The molecule has 0 bridgehead atoms. The maximum Gasteiger partial charge on any atom is 0.120 e. The number of benzene rings is 1. The van der Waals surface area contributed by atoms with Crippen LogP contribution in [0, 0.1) is 13.8 Å². The van der Waals surface area contributed by atoms with Crippen LogP contribution in [0.25, 0.3) is 0 Å². The lowest BCUT2D eigenvalue weighted by Gasteiger charge is -2.11. The summed E-state index contributed by atoms with van der Waals surface area (Å²) >= 11 is 1.75. The van der Waals surface area contributed by atoms with Crippen LogP contribution in [-0.2, 0) is 4.84 Å². The number of ether oxygens (including phenoxy) is 1. The van der Waals surface area contributed by atoms with Crippen molar-refractivity contribution in [1.29, 1.82) is 0 Å². The van der Waals surface area contributed by atoms with Crippen LogP contribution >= 0.6 is 11.8 Å². The molecule has 0 aromatic heterocycles. The lowest BCUT2D eigenvalue weighted by Crippen LogP contribution is -1.96. The van der Waals surface area contributed by atoms with Gasteiger partial charge in [-0.15, -0.1) is 11.8 Å². The Hall–Kier alpha value is -1.42. The van der Waals surface area contributed by atoms with Crippen molar-refractivity contribution in [3.05, 3.63) is 35.4 Å². The second-order valence-corrected chi connectivity index (χ2v) is 5.08. The van der Waals surface area contributed by atoms with E-state index in [2.05, 4.69) is 36.0 Å². The number of hydrogen-bond donors (Lipinski definition) is 0. The van der Waals surface area contributed by atoms with Crippen molar-refractivity contribution >= 4 is 18.0 Å².